The third-order valence-electron chi connectivity index (χ3n) is 3.54. The normalized spacial score (nSPS) is 22.0. The van der Waals surface area contributed by atoms with E-state index in [-0.39, 0.29) is 0 Å². The predicted molar refractivity (Wildman–Crippen MR) is 69.5 cm³/mol. The molecule has 2 aromatic rings. The summed E-state index contributed by atoms with van der Waals surface area (Å²) in [5, 5.41) is 8.43. The summed E-state index contributed by atoms with van der Waals surface area (Å²) in [7, 11) is 1.97. The molecule has 6 nitrogen and oxygen atoms in total. The Kier molecular flexibility index (Phi) is 3.16. The average molecular weight is 259 g/mol. The fourth-order valence-electron chi connectivity index (χ4n) is 2.31. The number of nitrogens with zero attached hydrogens (tertiary/aromatic N) is 4. The molecule has 0 spiro atoms. The summed E-state index contributed by atoms with van der Waals surface area (Å²) in [6.07, 6.45) is 5.39. The van der Waals surface area contributed by atoms with Crippen LogP contribution < -0.4 is 10.5 Å². The van der Waals surface area contributed by atoms with Crippen LogP contribution in [0.3, 0.4) is 0 Å². The Morgan fingerprint density at radius 3 is 2.95 bits per heavy atom. The Labute approximate surface area is 111 Å². The second-order valence-electron chi connectivity index (χ2n) is 4.94. The number of hydrogen-bond donors (Lipinski definition) is 1. The number of hydrogen-bond acceptors (Lipinski definition) is 5. The highest BCUT2D eigenvalue weighted by molar-refractivity contribution is 5.16. The lowest BCUT2D eigenvalue weighted by atomic mass is 9.80. The molecule has 19 heavy (non-hydrogen) atoms. The molecule has 2 heterocycles. The maximum atomic E-state index is 5.81. The monoisotopic (exact) mass is 259 g/mol. The zero-order valence-electron chi connectivity index (χ0n) is 10.9. The molecular weight excluding hydrogens is 242 g/mol. The summed E-state index contributed by atoms with van der Waals surface area (Å²) in [6, 6.07) is 4.03. The summed E-state index contributed by atoms with van der Waals surface area (Å²) in [5.41, 5.74) is 5.81. The van der Waals surface area contributed by atoms with E-state index in [2.05, 4.69) is 15.2 Å². The molecule has 1 saturated carbocycles. The Morgan fingerprint density at radius 1 is 1.42 bits per heavy atom. The molecule has 1 aliphatic carbocycles. The van der Waals surface area contributed by atoms with Crippen LogP contribution in [-0.2, 0) is 13.7 Å². The third-order valence-corrected chi connectivity index (χ3v) is 3.54. The van der Waals surface area contributed by atoms with E-state index in [0.717, 1.165) is 30.2 Å². The van der Waals surface area contributed by atoms with E-state index in [1.54, 1.807) is 12.4 Å². The quantitative estimate of drug-likeness (QED) is 0.886. The summed E-state index contributed by atoms with van der Waals surface area (Å²) in [5.74, 6) is 3.00. The zero-order valence-corrected chi connectivity index (χ0v) is 10.9. The van der Waals surface area contributed by atoms with Crippen molar-refractivity contribution in [3.8, 4) is 5.75 Å². The Morgan fingerprint density at radius 2 is 2.26 bits per heavy atom. The second kappa shape index (κ2) is 4.97. The maximum absolute atomic E-state index is 5.81. The fraction of sp³-hybridized carbons (Fsp3) is 0.462. The first-order chi connectivity index (χ1) is 9.24. The van der Waals surface area contributed by atoms with Gasteiger partial charge in [-0.2, -0.15) is 0 Å². The minimum absolute atomic E-state index is 0.316. The summed E-state index contributed by atoms with van der Waals surface area (Å²) < 4.78 is 7.64. The van der Waals surface area contributed by atoms with Gasteiger partial charge in [-0.1, -0.05) is 0 Å². The van der Waals surface area contributed by atoms with Crippen LogP contribution in [0.4, 0.5) is 0 Å². The van der Waals surface area contributed by atoms with Crippen molar-refractivity contribution in [2.24, 2.45) is 12.8 Å². The molecule has 1 aliphatic rings. The van der Waals surface area contributed by atoms with Crippen molar-refractivity contribution in [3.05, 3.63) is 36.2 Å². The van der Waals surface area contributed by atoms with Gasteiger partial charge in [0.05, 0.1) is 6.20 Å². The number of pyridine rings is 1. The summed E-state index contributed by atoms with van der Waals surface area (Å²) in [6.45, 7) is 0.397. The number of ether oxygens (including phenoxy) is 1. The molecule has 0 atom stereocenters. The Bertz CT molecular complexity index is 547. The minimum Gasteiger partial charge on any atom is -0.484 e. The van der Waals surface area contributed by atoms with E-state index in [1.165, 1.54) is 0 Å². The van der Waals surface area contributed by atoms with Crippen molar-refractivity contribution in [3.63, 3.8) is 0 Å². The molecule has 6 heteroatoms. The van der Waals surface area contributed by atoms with Crippen LogP contribution in [0.5, 0.6) is 5.75 Å². The molecule has 0 bridgehead atoms. The van der Waals surface area contributed by atoms with E-state index in [0.29, 0.717) is 18.6 Å². The van der Waals surface area contributed by atoms with Crippen molar-refractivity contribution in [1.29, 1.82) is 0 Å². The van der Waals surface area contributed by atoms with Crippen molar-refractivity contribution in [2.45, 2.75) is 31.4 Å². The predicted octanol–water partition coefficient (Wildman–Crippen LogP) is 0.994. The molecule has 100 valence electrons. The maximum Gasteiger partial charge on any atom is 0.170 e. The molecule has 0 aliphatic heterocycles. The van der Waals surface area contributed by atoms with Gasteiger partial charge in [0.2, 0.25) is 0 Å². The topological polar surface area (TPSA) is 78.8 Å². The average Bonchev–Trinajstić information content (AvgIpc) is 2.75. The Hall–Kier alpha value is -1.95. The van der Waals surface area contributed by atoms with E-state index in [9.17, 15) is 0 Å². The molecule has 2 aromatic heterocycles. The molecule has 3 rings (SSSR count). The first-order valence-corrected chi connectivity index (χ1v) is 6.40. The van der Waals surface area contributed by atoms with Crippen molar-refractivity contribution in [2.75, 3.05) is 0 Å². The third kappa shape index (κ3) is 2.44. The van der Waals surface area contributed by atoms with E-state index in [1.807, 2.05) is 23.7 Å². The second-order valence-corrected chi connectivity index (χ2v) is 4.94. The van der Waals surface area contributed by atoms with Crippen LogP contribution in [0.15, 0.2) is 24.5 Å². The van der Waals surface area contributed by atoms with Crippen LogP contribution in [0.25, 0.3) is 0 Å². The van der Waals surface area contributed by atoms with Gasteiger partial charge in [0.15, 0.2) is 5.82 Å². The van der Waals surface area contributed by atoms with Crippen molar-refractivity contribution >= 4 is 0 Å². The first kappa shape index (κ1) is 12.1. The minimum atomic E-state index is 0.316. The van der Waals surface area contributed by atoms with Gasteiger partial charge < -0.3 is 15.0 Å². The van der Waals surface area contributed by atoms with Crippen LogP contribution in [-0.4, -0.2) is 25.8 Å². The van der Waals surface area contributed by atoms with Gasteiger partial charge >= 0.3 is 0 Å². The van der Waals surface area contributed by atoms with Gasteiger partial charge in [-0.15, -0.1) is 10.2 Å². The standard InChI is InChI=1S/C13H17N5O/c1-18-12(8-19-11-3-2-4-15-7-11)16-17-13(18)9-5-10(14)6-9/h2-4,7,9-10H,5-6,8,14H2,1H3. The number of rotatable bonds is 4. The largest absolute Gasteiger partial charge is 0.484 e. The van der Waals surface area contributed by atoms with Gasteiger partial charge in [0, 0.05) is 25.2 Å². The molecule has 0 saturated heterocycles. The lowest BCUT2D eigenvalue weighted by Gasteiger charge is -2.31. The van der Waals surface area contributed by atoms with Gasteiger partial charge in [-0.3, -0.25) is 4.98 Å². The molecule has 0 radical (unpaired) electrons. The van der Waals surface area contributed by atoms with Gasteiger partial charge in [-0.05, 0) is 25.0 Å². The Balaban J connectivity index is 1.66. The van der Waals surface area contributed by atoms with Crippen LogP contribution >= 0.6 is 0 Å². The molecule has 0 unspecified atom stereocenters. The fourth-order valence-corrected chi connectivity index (χ4v) is 2.31. The van der Waals surface area contributed by atoms with E-state index in [4.69, 9.17) is 10.5 Å². The van der Waals surface area contributed by atoms with Gasteiger partial charge in [-0.25, -0.2) is 0 Å². The van der Waals surface area contributed by atoms with Crippen LogP contribution in [0, 0.1) is 0 Å². The zero-order chi connectivity index (χ0) is 13.2. The number of aromatic nitrogens is 4. The van der Waals surface area contributed by atoms with Crippen molar-refractivity contribution in [1.82, 2.24) is 19.7 Å². The highest BCUT2D eigenvalue weighted by atomic mass is 16.5. The highest BCUT2D eigenvalue weighted by Crippen LogP contribution is 2.34. The van der Waals surface area contributed by atoms with Crippen LogP contribution in [0.2, 0.25) is 0 Å². The summed E-state index contributed by atoms with van der Waals surface area (Å²) in [4.78, 5) is 4.00. The molecule has 0 aromatic carbocycles. The van der Waals surface area contributed by atoms with Gasteiger partial charge in [0.1, 0.15) is 18.2 Å². The SMILES string of the molecule is Cn1c(COc2cccnc2)nnc1C1CC(N)C1. The highest BCUT2D eigenvalue weighted by Gasteiger charge is 2.31. The smallest absolute Gasteiger partial charge is 0.170 e. The van der Waals surface area contributed by atoms with Gasteiger partial charge in [0.25, 0.3) is 0 Å². The summed E-state index contributed by atoms with van der Waals surface area (Å²) >= 11 is 0. The molecule has 1 fully saturated rings. The molecule has 2 N–H and O–H groups in total. The van der Waals surface area contributed by atoms with Crippen LogP contribution in [0.1, 0.15) is 30.4 Å². The van der Waals surface area contributed by atoms with E-state index >= 15 is 0 Å². The lowest BCUT2D eigenvalue weighted by Crippen LogP contribution is -2.36. The lowest BCUT2D eigenvalue weighted by molar-refractivity contribution is 0.287. The molecule has 0 amide bonds. The van der Waals surface area contributed by atoms with Crippen molar-refractivity contribution < 1.29 is 4.74 Å². The first-order valence-electron chi connectivity index (χ1n) is 6.40. The van der Waals surface area contributed by atoms with E-state index < -0.39 is 0 Å². The number of nitrogens with two attached hydrogens (primary N) is 1. The molecular formula is C13H17N5O.